The van der Waals surface area contributed by atoms with E-state index in [1.807, 2.05) is 12.1 Å². The minimum Gasteiger partial charge on any atom is -0.494 e. The smallest absolute Gasteiger partial charge is 0.335 e. The highest BCUT2D eigenvalue weighted by Crippen LogP contribution is 2.24. The number of carbonyl (C=O) groups is 2. The number of nitrogens with one attached hydrogen (secondary N) is 1. The highest BCUT2D eigenvalue weighted by molar-refractivity contribution is 5.92. The number of hydrogen-bond donors (Lipinski definition) is 2. The Morgan fingerprint density at radius 3 is 2.15 bits per heavy atom. The van der Waals surface area contributed by atoms with Crippen LogP contribution < -0.4 is 10.1 Å². The molecule has 0 fully saturated rings. The zero-order valence-electron chi connectivity index (χ0n) is 15.4. The number of anilines is 1. The first-order valence-electron chi connectivity index (χ1n) is 8.62. The standard InChI is InChI=1S/C21H25NO4/c1-21(2,3)16-8-12-18(13-9-16)26-14-4-5-19(23)22-17-10-6-15(7-11-17)20(24)25/h6-13H,4-5,14H2,1-3H3,(H,22,23)(H,24,25). The van der Waals surface area contributed by atoms with E-state index in [9.17, 15) is 9.59 Å². The molecule has 0 unspecified atom stereocenters. The molecule has 0 aliphatic carbocycles. The number of aromatic carboxylic acids is 1. The molecule has 0 saturated carbocycles. The Kier molecular flexibility index (Phi) is 6.39. The van der Waals surface area contributed by atoms with Crippen LogP contribution in [0.1, 0.15) is 49.5 Å². The fourth-order valence-corrected chi connectivity index (χ4v) is 2.39. The van der Waals surface area contributed by atoms with E-state index in [0.29, 0.717) is 25.1 Å². The zero-order valence-corrected chi connectivity index (χ0v) is 15.4. The van der Waals surface area contributed by atoms with Crippen LogP contribution in [0.2, 0.25) is 0 Å². The number of rotatable bonds is 7. The third-order valence-electron chi connectivity index (χ3n) is 3.95. The maximum absolute atomic E-state index is 11.9. The number of benzene rings is 2. The van der Waals surface area contributed by atoms with Gasteiger partial charge in [-0.3, -0.25) is 4.79 Å². The van der Waals surface area contributed by atoms with E-state index in [1.165, 1.54) is 17.7 Å². The molecule has 26 heavy (non-hydrogen) atoms. The van der Waals surface area contributed by atoms with Gasteiger partial charge in [-0.2, -0.15) is 0 Å². The van der Waals surface area contributed by atoms with Gasteiger partial charge in [0, 0.05) is 12.1 Å². The highest BCUT2D eigenvalue weighted by Gasteiger charge is 2.13. The average molecular weight is 355 g/mol. The van der Waals surface area contributed by atoms with Gasteiger partial charge in [0.2, 0.25) is 5.91 Å². The lowest BCUT2D eigenvalue weighted by molar-refractivity contribution is -0.116. The SMILES string of the molecule is CC(C)(C)c1ccc(OCCCC(=O)Nc2ccc(C(=O)O)cc2)cc1. The fourth-order valence-electron chi connectivity index (χ4n) is 2.39. The monoisotopic (exact) mass is 355 g/mol. The van der Waals surface area contributed by atoms with Crippen molar-refractivity contribution in [1.29, 1.82) is 0 Å². The molecule has 5 heteroatoms. The fraction of sp³-hybridized carbons (Fsp3) is 0.333. The van der Waals surface area contributed by atoms with Crippen LogP contribution >= 0.6 is 0 Å². The largest absolute Gasteiger partial charge is 0.494 e. The molecular weight excluding hydrogens is 330 g/mol. The normalized spacial score (nSPS) is 11.0. The Morgan fingerprint density at radius 1 is 1.00 bits per heavy atom. The van der Waals surface area contributed by atoms with Crippen LogP contribution in [0, 0.1) is 0 Å². The summed E-state index contributed by atoms with van der Waals surface area (Å²) < 4.78 is 5.67. The molecule has 2 rings (SSSR count). The number of ether oxygens (including phenoxy) is 1. The average Bonchev–Trinajstić information content (AvgIpc) is 2.59. The molecule has 5 nitrogen and oxygen atoms in total. The number of amides is 1. The maximum Gasteiger partial charge on any atom is 0.335 e. The summed E-state index contributed by atoms with van der Waals surface area (Å²) >= 11 is 0. The molecule has 2 aromatic rings. The van der Waals surface area contributed by atoms with Crippen LogP contribution in [0.5, 0.6) is 5.75 Å². The van der Waals surface area contributed by atoms with Crippen LogP contribution in [0.4, 0.5) is 5.69 Å². The van der Waals surface area contributed by atoms with Gasteiger partial charge in [-0.15, -0.1) is 0 Å². The number of carboxylic acid groups (broad SMARTS) is 1. The molecule has 0 aliphatic heterocycles. The van der Waals surface area contributed by atoms with Gasteiger partial charge in [0.05, 0.1) is 12.2 Å². The second-order valence-corrected chi connectivity index (χ2v) is 7.16. The van der Waals surface area contributed by atoms with Crippen LogP contribution in [-0.2, 0) is 10.2 Å². The minimum absolute atomic E-state index is 0.110. The van der Waals surface area contributed by atoms with E-state index in [-0.39, 0.29) is 16.9 Å². The summed E-state index contributed by atoms with van der Waals surface area (Å²) in [6, 6.07) is 14.1. The summed E-state index contributed by atoms with van der Waals surface area (Å²) in [5.41, 5.74) is 2.13. The minimum atomic E-state index is -0.990. The first-order valence-corrected chi connectivity index (χ1v) is 8.62. The summed E-state index contributed by atoms with van der Waals surface area (Å²) in [7, 11) is 0. The Bertz CT molecular complexity index is 743. The van der Waals surface area contributed by atoms with Crippen LogP contribution in [0.15, 0.2) is 48.5 Å². The number of carbonyl (C=O) groups excluding carboxylic acids is 1. The first-order chi connectivity index (χ1) is 12.3. The van der Waals surface area contributed by atoms with Crippen molar-refractivity contribution in [3.8, 4) is 5.75 Å². The zero-order chi connectivity index (χ0) is 19.2. The van der Waals surface area contributed by atoms with Crippen LogP contribution in [0.25, 0.3) is 0 Å². The van der Waals surface area contributed by atoms with Crippen molar-refractivity contribution in [2.24, 2.45) is 0 Å². The molecule has 0 atom stereocenters. The predicted molar refractivity (Wildman–Crippen MR) is 102 cm³/mol. The lowest BCUT2D eigenvalue weighted by Crippen LogP contribution is -2.13. The molecule has 0 saturated heterocycles. The lowest BCUT2D eigenvalue weighted by atomic mass is 9.87. The molecule has 0 aliphatic rings. The molecule has 2 N–H and O–H groups in total. The Labute approximate surface area is 154 Å². The molecule has 2 aromatic carbocycles. The first kappa shape index (κ1) is 19.5. The van der Waals surface area contributed by atoms with Crippen molar-refractivity contribution in [3.05, 3.63) is 59.7 Å². The highest BCUT2D eigenvalue weighted by atomic mass is 16.5. The van der Waals surface area contributed by atoms with Crippen LogP contribution in [0.3, 0.4) is 0 Å². The van der Waals surface area contributed by atoms with E-state index in [1.54, 1.807) is 12.1 Å². The Hall–Kier alpha value is -2.82. The van der Waals surface area contributed by atoms with E-state index in [2.05, 4.69) is 38.2 Å². The predicted octanol–water partition coefficient (Wildman–Crippen LogP) is 4.48. The molecular formula is C21H25NO4. The van der Waals surface area contributed by atoms with Crippen molar-refractivity contribution in [2.75, 3.05) is 11.9 Å². The van der Waals surface area contributed by atoms with Crippen molar-refractivity contribution in [2.45, 2.75) is 39.0 Å². The molecule has 0 heterocycles. The summed E-state index contributed by atoms with van der Waals surface area (Å²) in [6.45, 7) is 6.95. The molecule has 0 aromatic heterocycles. The van der Waals surface area contributed by atoms with Crippen molar-refractivity contribution < 1.29 is 19.4 Å². The third-order valence-corrected chi connectivity index (χ3v) is 3.95. The second kappa shape index (κ2) is 8.52. The summed E-state index contributed by atoms with van der Waals surface area (Å²) in [6.07, 6.45) is 0.931. The van der Waals surface area contributed by atoms with Gasteiger partial charge < -0.3 is 15.2 Å². The summed E-state index contributed by atoms with van der Waals surface area (Å²) in [5, 5.41) is 11.6. The Balaban J connectivity index is 1.72. The van der Waals surface area contributed by atoms with E-state index in [0.717, 1.165) is 5.75 Å². The van der Waals surface area contributed by atoms with Gasteiger partial charge in [-0.25, -0.2) is 4.79 Å². The van der Waals surface area contributed by atoms with E-state index < -0.39 is 5.97 Å². The third kappa shape index (κ3) is 5.92. The van der Waals surface area contributed by atoms with Crippen molar-refractivity contribution in [3.63, 3.8) is 0 Å². The van der Waals surface area contributed by atoms with Gasteiger partial charge in [-0.1, -0.05) is 32.9 Å². The number of hydrogen-bond acceptors (Lipinski definition) is 3. The van der Waals surface area contributed by atoms with Gasteiger partial charge in [0.1, 0.15) is 5.75 Å². The molecule has 0 radical (unpaired) electrons. The summed E-state index contributed by atoms with van der Waals surface area (Å²) in [4.78, 5) is 22.7. The van der Waals surface area contributed by atoms with Crippen LogP contribution in [-0.4, -0.2) is 23.6 Å². The topological polar surface area (TPSA) is 75.6 Å². The number of carboxylic acids is 1. The maximum atomic E-state index is 11.9. The molecule has 138 valence electrons. The summed E-state index contributed by atoms with van der Waals surface area (Å²) in [5.74, 6) is -0.321. The Morgan fingerprint density at radius 2 is 1.62 bits per heavy atom. The quantitative estimate of drug-likeness (QED) is 0.718. The van der Waals surface area contributed by atoms with Gasteiger partial charge in [0.25, 0.3) is 0 Å². The molecule has 1 amide bonds. The van der Waals surface area contributed by atoms with Gasteiger partial charge >= 0.3 is 5.97 Å². The molecule has 0 spiro atoms. The molecule has 0 bridgehead atoms. The van der Waals surface area contributed by atoms with Crippen molar-refractivity contribution >= 4 is 17.6 Å². The van der Waals surface area contributed by atoms with Gasteiger partial charge in [-0.05, 0) is 53.8 Å². The lowest BCUT2D eigenvalue weighted by Gasteiger charge is -2.19. The van der Waals surface area contributed by atoms with E-state index in [4.69, 9.17) is 9.84 Å². The second-order valence-electron chi connectivity index (χ2n) is 7.16. The van der Waals surface area contributed by atoms with Gasteiger partial charge in [0.15, 0.2) is 0 Å². The van der Waals surface area contributed by atoms with E-state index >= 15 is 0 Å². The van der Waals surface area contributed by atoms with Crippen molar-refractivity contribution in [1.82, 2.24) is 0 Å².